The summed E-state index contributed by atoms with van der Waals surface area (Å²) >= 11 is 0. The molecule has 0 N–H and O–H groups in total. The van der Waals surface area contributed by atoms with Crippen LogP contribution in [0.25, 0.3) is 0 Å². The topological polar surface area (TPSA) is 61.8 Å². The SMILES string of the molecule is CCOC(=O)C(=O)c1cc(C(C)F)cc2c1OCO2. The molecule has 1 aliphatic rings. The van der Waals surface area contributed by atoms with Crippen LogP contribution in [0.4, 0.5) is 4.39 Å². The number of halogens is 1. The molecule has 6 heteroatoms. The number of carbonyl (C=O) groups excluding carboxylic acids is 2. The van der Waals surface area contributed by atoms with Crippen molar-refractivity contribution in [2.75, 3.05) is 13.4 Å². The van der Waals surface area contributed by atoms with Crippen LogP contribution in [0, 0.1) is 0 Å². The minimum Gasteiger partial charge on any atom is -0.460 e. The second kappa shape index (κ2) is 5.26. The number of alkyl halides is 1. The van der Waals surface area contributed by atoms with Crippen molar-refractivity contribution in [3.05, 3.63) is 23.3 Å². The first kappa shape index (κ1) is 13.3. The predicted octanol–water partition coefficient (Wildman–Crippen LogP) is 2.19. The molecule has 0 amide bonds. The van der Waals surface area contributed by atoms with E-state index >= 15 is 0 Å². The molecule has 5 nitrogen and oxygen atoms in total. The summed E-state index contributed by atoms with van der Waals surface area (Å²) in [4.78, 5) is 23.4. The maximum absolute atomic E-state index is 13.4. The Morgan fingerprint density at radius 1 is 1.42 bits per heavy atom. The molecular formula is C13H13FO5. The number of esters is 1. The maximum Gasteiger partial charge on any atom is 0.379 e. The van der Waals surface area contributed by atoms with Crippen molar-refractivity contribution in [1.29, 1.82) is 0 Å². The minimum absolute atomic E-state index is 0.0343. The molecule has 1 aliphatic heterocycles. The van der Waals surface area contributed by atoms with Crippen LogP contribution in [0.2, 0.25) is 0 Å². The molecule has 0 spiro atoms. The Labute approximate surface area is 109 Å². The van der Waals surface area contributed by atoms with Gasteiger partial charge in [-0.1, -0.05) is 0 Å². The van der Waals surface area contributed by atoms with Gasteiger partial charge in [-0.2, -0.15) is 0 Å². The normalized spacial score (nSPS) is 14.1. The van der Waals surface area contributed by atoms with Crippen LogP contribution in [0.15, 0.2) is 12.1 Å². The van der Waals surface area contributed by atoms with Gasteiger partial charge in [0.25, 0.3) is 5.78 Å². The summed E-state index contributed by atoms with van der Waals surface area (Å²) in [7, 11) is 0. The number of ketones is 1. The number of fused-ring (bicyclic) bond motifs is 1. The smallest absolute Gasteiger partial charge is 0.379 e. The molecule has 0 aliphatic carbocycles. The lowest BCUT2D eigenvalue weighted by Crippen LogP contribution is -2.18. The summed E-state index contributed by atoms with van der Waals surface area (Å²) < 4.78 is 28.3. The van der Waals surface area contributed by atoms with E-state index in [0.717, 1.165) is 0 Å². The van der Waals surface area contributed by atoms with E-state index in [4.69, 9.17) is 9.47 Å². The summed E-state index contributed by atoms with van der Waals surface area (Å²) in [5.41, 5.74) is 0.213. The van der Waals surface area contributed by atoms with Crippen LogP contribution >= 0.6 is 0 Å². The lowest BCUT2D eigenvalue weighted by Gasteiger charge is -2.09. The summed E-state index contributed by atoms with van der Waals surface area (Å²) in [6.07, 6.45) is -1.29. The third-order valence-electron chi connectivity index (χ3n) is 2.66. The molecule has 1 aromatic carbocycles. The van der Waals surface area contributed by atoms with Crippen LogP contribution in [0.3, 0.4) is 0 Å². The molecule has 1 heterocycles. The summed E-state index contributed by atoms with van der Waals surface area (Å²) in [5.74, 6) is -1.45. The summed E-state index contributed by atoms with van der Waals surface area (Å²) in [6, 6.07) is 2.74. The van der Waals surface area contributed by atoms with Gasteiger partial charge in [0, 0.05) is 0 Å². The zero-order valence-corrected chi connectivity index (χ0v) is 10.6. The van der Waals surface area contributed by atoms with Crippen molar-refractivity contribution < 1.29 is 28.2 Å². The molecule has 1 unspecified atom stereocenters. The number of rotatable bonds is 4. The van der Waals surface area contributed by atoms with Crippen LogP contribution in [0.1, 0.15) is 35.9 Å². The standard InChI is InChI=1S/C13H13FO5/c1-3-17-13(16)11(15)9-4-8(7(2)14)5-10-12(9)19-6-18-10/h4-5,7H,3,6H2,1-2H3. The second-order valence-electron chi connectivity index (χ2n) is 3.97. The van der Waals surface area contributed by atoms with Crippen molar-refractivity contribution in [3.63, 3.8) is 0 Å². The fourth-order valence-corrected chi connectivity index (χ4v) is 1.74. The largest absolute Gasteiger partial charge is 0.460 e. The van der Waals surface area contributed by atoms with Gasteiger partial charge < -0.3 is 14.2 Å². The van der Waals surface area contributed by atoms with Crippen molar-refractivity contribution in [2.45, 2.75) is 20.0 Å². The first-order valence-electron chi connectivity index (χ1n) is 5.83. The van der Waals surface area contributed by atoms with Gasteiger partial charge >= 0.3 is 5.97 Å². The zero-order valence-electron chi connectivity index (χ0n) is 10.6. The van der Waals surface area contributed by atoms with E-state index in [-0.39, 0.29) is 36.0 Å². The molecule has 1 atom stereocenters. The Morgan fingerprint density at radius 3 is 2.79 bits per heavy atom. The molecule has 0 fully saturated rings. The Morgan fingerprint density at radius 2 is 2.16 bits per heavy atom. The third kappa shape index (κ3) is 2.52. The highest BCUT2D eigenvalue weighted by Crippen LogP contribution is 2.39. The van der Waals surface area contributed by atoms with Crippen molar-refractivity contribution in [2.24, 2.45) is 0 Å². The molecular weight excluding hydrogens is 255 g/mol. The number of hydrogen-bond acceptors (Lipinski definition) is 5. The lowest BCUT2D eigenvalue weighted by molar-refractivity contribution is -0.137. The molecule has 0 saturated heterocycles. The van der Waals surface area contributed by atoms with E-state index < -0.39 is 17.9 Å². The molecule has 2 rings (SSSR count). The predicted molar refractivity (Wildman–Crippen MR) is 63.1 cm³/mol. The van der Waals surface area contributed by atoms with Crippen molar-refractivity contribution in [3.8, 4) is 11.5 Å². The Bertz CT molecular complexity index is 524. The number of hydrogen-bond donors (Lipinski definition) is 0. The van der Waals surface area contributed by atoms with E-state index in [9.17, 15) is 14.0 Å². The quantitative estimate of drug-likeness (QED) is 0.476. The number of benzene rings is 1. The van der Waals surface area contributed by atoms with E-state index in [2.05, 4.69) is 4.74 Å². The highest BCUT2D eigenvalue weighted by atomic mass is 19.1. The van der Waals surface area contributed by atoms with Gasteiger partial charge in [0.2, 0.25) is 6.79 Å². The van der Waals surface area contributed by atoms with Crippen LogP contribution in [-0.2, 0) is 9.53 Å². The highest BCUT2D eigenvalue weighted by molar-refractivity contribution is 6.41. The van der Waals surface area contributed by atoms with E-state index in [1.54, 1.807) is 6.92 Å². The van der Waals surface area contributed by atoms with Crippen LogP contribution < -0.4 is 9.47 Å². The van der Waals surface area contributed by atoms with Gasteiger partial charge in [-0.25, -0.2) is 9.18 Å². The van der Waals surface area contributed by atoms with E-state index in [0.29, 0.717) is 0 Å². The Kier molecular flexibility index (Phi) is 3.69. The fourth-order valence-electron chi connectivity index (χ4n) is 1.74. The first-order valence-corrected chi connectivity index (χ1v) is 5.83. The molecule has 1 aromatic rings. The third-order valence-corrected chi connectivity index (χ3v) is 2.66. The zero-order chi connectivity index (χ0) is 14.0. The number of ether oxygens (including phenoxy) is 3. The average molecular weight is 268 g/mol. The number of carbonyl (C=O) groups is 2. The minimum atomic E-state index is -1.29. The van der Waals surface area contributed by atoms with Crippen molar-refractivity contribution in [1.82, 2.24) is 0 Å². The Balaban J connectivity index is 2.44. The number of Topliss-reactive ketones (excluding diaryl/α,β-unsaturated/α-hetero) is 1. The summed E-state index contributed by atoms with van der Waals surface area (Å²) in [5, 5.41) is 0. The van der Waals surface area contributed by atoms with Crippen LogP contribution in [0.5, 0.6) is 11.5 Å². The van der Waals surface area contributed by atoms with E-state index in [1.807, 2.05) is 0 Å². The monoisotopic (exact) mass is 268 g/mol. The Hall–Kier alpha value is -2.11. The van der Waals surface area contributed by atoms with E-state index in [1.165, 1.54) is 19.1 Å². The van der Waals surface area contributed by atoms with Gasteiger partial charge in [-0.3, -0.25) is 4.79 Å². The van der Waals surface area contributed by atoms with Gasteiger partial charge in [-0.15, -0.1) is 0 Å². The van der Waals surface area contributed by atoms with Gasteiger partial charge in [0.15, 0.2) is 11.5 Å². The van der Waals surface area contributed by atoms with Crippen LogP contribution in [-0.4, -0.2) is 25.2 Å². The lowest BCUT2D eigenvalue weighted by atomic mass is 10.0. The summed E-state index contributed by atoms with van der Waals surface area (Å²) in [6.45, 7) is 2.94. The molecule has 0 radical (unpaired) electrons. The molecule has 0 aromatic heterocycles. The highest BCUT2D eigenvalue weighted by Gasteiger charge is 2.29. The van der Waals surface area contributed by atoms with Gasteiger partial charge in [0.1, 0.15) is 6.17 Å². The van der Waals surface area contributed by atoms with Gasteiger partial charge in [-0.05, 0) is 31.5 Å². The second-order valence-corrected chi connectivity index (χ2v) is 3.97. The first-order chi connectivity index (χ1) is 9.04. The molecule has 19 heavy (non-hydrogen) atoms. The average Bonchev–Trinajstić information content (AvgIpc) is 2.84. The molecule has 102 valence electrons. The molecule has 0 bridgehead atoms. The molecule has 0 saturated carbocycles. The maximum atomic E-state index is 13.4. The van der Waals surface area contributed by atoms with Gasteiger partial charge in [0.05, 0.1) is 12.2 Å². The van der Waals surface area contributed by atoms with Crippen molar-refractivity contribution >= 4 is 11.8 Å². The fraction of sp³-hybridized carbons (Fsp3) is 0.385.